The Morgan fingerprint density at radius 2 is 1.95 bits per heavy atom. The van der Waals surface area contributed by atoms with E-state index in [9.17, 15) is 27.5 Å². The molecule has 112 valence electrons. The van der Waals surface area contributed by atoms with Crippen molar-refractivity contribution in [2.24, 2.45) is 5.92 Å². The standard InChI is InChI=1S/C13H13ClF4O2/c1-3-12(11(19)20,7(2)13(16,17)18)8-4-5-9(14)10(15)6-8/h4-7H,3H2,1-2H3,(H,19,20)/t7-,12?/m1/s1. The summed E-state index contributed by atoms with van der Waals surface area (Å²) in [5.74, 6) is -4.76. The van der Waals surface area contributed by atoms with Crippen LogP contribution in [-0.2, 0) is 10.2 Å². The second kappa shape index (κ2) is 5.60. The molecule has 7 heteroatoms. The second-order valence-corrected chi connectivity index (χ2v) is 4.93. The minimum absolute atomic E-state index is 0.251. The monoisotopic (exact) mass is 312 g/mol. The Morgan fingerprint density at radius 3 is 2.30 bits per heavy atom. The molecule has 1 unspecified atom stereocenters. The van der Waals surface area contributed by atoms with Crippen LogP contribution >= 0.6 is 11.6 Å². The molecule has 0 aliphatic heterocycles. The van der Waals surface area contributed by atoms with E-state index in [1.54, 1.807) is 0 Å². The summed E-state index contributed by atoms with van der Waals surface area (Å²) in [4.78, 5) is 11.5. The molecule has 20 heavy (non-hydrogen) atoms. The van der Waals surface area contributed by atoms with Gasteiger partial charge in [0, 0.05) is 0 Å². The van der Waals surface area contributed by atoms with Crippen molar-refractivity contribution in [1.29, 1.82) is 0 Å². The molecular weight excluding hydrogens is 300 g/mol. The molecule has 0 bridgehead atoms. The molecule has 0 radical (unpaired) electrons. The molecule has 2 atom stereocenters. The van der Waals surface area contributed by atoms with Crippen LogP contribution in [0.1, 0.15) is 25.8 Å². The Morgan fingerprint density at radius 1 is 1.40 bits per heavy atom. The number of rotatable bonds is 4. The van der Waals surface area contributed by atoms with Gasteiger partial charge < -0.3 is 5.11 Å². The van der Waals surface area contributed by atoms with Crippen molar-refractivity contribution in [3.63, 3.8) is 0 Å². The third-order valence-electron chi connectivity index (χ3n) is 3.60. The van der Waals surface area contributed by atoms with E-state index >= 15 is 0 Å². The molecular formula is C13H13ClF4O2. The van der Waals surface area contributed by atoms with Crippen molar-refractivity contribution in [3.8, 4) is 0 Å². The molecule has 1 N–H and O–H groups in total. The third kappa shape index (κ3) is 2.75. The van der Waals surface area contributed by atoms with Gasteiger partial charge in [0.25, 0.3) is 0 Å². The fourth-order valence-corrected chi connectivity index (χ4v) is 2.39. The van der Waals surface area contributed by atoms with Crippen LogP contribution in [0.3, 0.4) is 0 Å². The van der Waals surface area contributed by atoms with Crippen molar-refractivity contribution in [3.05, 3.63) is 34.6 Å². The van der Waals surface area contributed by atoms with Crippen molar-refractivity contribution in [1.82, 2.24) is 0 Å². The predicted octanol–water partition coefficient (Wildman–Crippen LogP) is 4.41. The second-order valence-electron chi connectivity index (χ2n) is 4.52. The summed E-state index contributed by atoms with van der Waals surface area (Å²) in [6.45, 7) is 2.10. The van der Waals surface area contributed by atoms with Gasteiger partial charge in [-0.15, -0.1) is 0 Å². The minimum atomic E-state index is -4.72. The Kier molecular flexibility index (Phi) is 4.69. The highest BCUT2D eigenvalue weighted by molar-refractivity contribution is 6.30. The maximum Gasteiger partial charge on any atom is 0.392 e. The predicted molar refractivity (Wildman–Crippen MR) is 66.2 cm³/mol. The Balaban J connectivity index is 3.53. The smallest absolute Gasteiger partial charge is 0.392 e. The zero-order chi connectivity index (χ0) is 15.7. The first kappa shape index (κ1) is 16.8. The van der Waals surface area contributed by atoms with Gasteiger partial charge in [-0.25, -0.2) is 4.39 Å². The molecule has 0 spiro atoms. The number of carboxylic acid groups (broad SMARTS) is 1. The zero-order valence-corrected chi connectivity index (χ0v) is 11.5. The van der Waals surface area contributed by atoms with E-state index in [0.29, 0.717) is 0 Å². The van der Waals surface area contributed by atoms with Crippen LogP contribution in [0.2, 0.25) is 5.02 Å². The normalized spacial score (nSPS) is 16.6. The summed E-state index contributed by atoms with van der Waals surface area (Å²) in [7, 11) is 0. The average molecular weight is 313 g/mol. The van der Waals surface area contributed by atoms with Gasteiger partial charge >= 0.3 is 12.1 Å². The first-order valence-corrected chi connectivity index (χ1v) is 6.20. The van der Waals surface area contributed by atoms with E-state index in [0.717, 1.165) is 25.1 Å². The number of carbonyl (C=O) groups is 1. The van der Waals surface area contributed by atoms with Gasteiger partial charge in [0.1, 0.15) is 11.2 Å². The van der Waals surface area contributed by atoms with Crippen LogP contribution in [0.4, 0.5) is 17.6 Å². The number of carboxylic acids is 1. The van der Waals surface area contributed by atoms with E-state index in [1.165, 1.54) is 6.92 Å². The Hall–Kier alpha value is -1.30. The largest absolute Gasteiger partial charge is 0.481 e. The molecule has 0 aliphatic carbocycles. The summed E-state index contributed by atoms with van der Waals surface area (Å²) in [6.07, 6.45) is -5.05. The number of benzene rings is 1. The van der Waals surface area contributed by atoms with E-state index in [-0.39, 0.29) is 17.0 Å². The fourth-order valence-electron chi connectivity index (χ4n) is 2.27. The van der Waals surface area contributed by atoms with Crippen LogP contribution < -0.4 is 0 Å². The van der Waals surface area contributed by atoms with Gasteiger partial charge in [0.2, 0.25) is 0 Å². The minimum Gasteiger partial charge on any atom is -0.481 e. The van der Waals surface area contributed by atoms with Crippen molar-refractivity contribution in [2.75, 3.05) is 0 Å². The molecule has 1 aromatic rings. The molecule has 0 fully saturated rings. The van der Waals surface area contributed by atoms with E-state index in [4.69, 9.17) is 11.6 Å². The quantitative estimate of drug-likeness (QED) is 0.836. The first-order valence-electron chi connectivity index (χ1n) is 5.83. The SMILES string of the molecule is CCC(C(=O)O)(c1ccc(Cl)c(F)c1)[C@@H](C)C(F)(F)F. The fraction of sp³-hybridized carbons (Fsp3) is 0.462. The molecule has 0 aromatic heterocycles. The van der Waals surface area contributed by atoms with E-state index in [2.05, 4.69) is 0 Å². The summed E-state index contributed by atoms with van der Waals surface area (Å²) in [5, 5.41) is 9.04. The summed E-state index contributed by atoms with van der Waals surface area (Å²) >= 11 is 5.48. The van der Waals surface area contributed by atoms with E-state index in [1.807, 2.05) is 0 Å². The van der Waals surface area contributed by atoms with Crippen LogP contribution in [0.15, 0.2) is 18.2 Å². The highest BCUT2D eigenvalue weighted by Gasteiger charge is 2.55. The molecule has 0 saturated carbocycles. The lowest BCUT2D eigenvalue weighted by molar-refractivity contribution is -0.198. The molecule has 0 saturated heterocycles. The lowest BCUT2D eigenvalue weighted by atomic mass is 9.68. The molecule has 0 amide bonds. The van der Waals surface area contributed by atoms with E-state index < -0.39 is 29.3 Å². The Bertz CT molecular complexity index is 516. The molecule has 1 rings (SSSR count). The number of aliphatic carboxylic acids is 1. The maximum atomic E-state index is 13.5. The van der Waals surface area contributed by atoms with Crippen molar-refractivity contribution >= 4 is 17.6 Å². The molecule has 0 heterocycles. The third-order valence-corrected chi connectivity index (χ3v) is 3.91. The number of hydrogen-bond donors (Lipinski definition) is 1. The molecule has 1 aromatic carbocycles. The summed E-state index contributed by atoms with van der Waals surface area (Å²) in [6, 6.07) is 2.93. The van der Waals surface area contributed by atoms with Crippen LogP contribution in [0.25, 0.3) is 0 Å². The van der Waals surface area contributed by atoms with Gasteiger partial charge in [-0.1, -0.05) is 31.5 Å². The van der Waals surface area contributed by atoms with Gasteiger partial charge in [0.15, 0.2) is 0 Å². The van der Waals surface area contributed by atoms with Crippen LogP contribution in [0.5, 0.6) is 0 Å². The van der Waals surface area contributed by atoms with Gasteiger partial charge in [-0.05, 0) is 24.1 Å². The summed E-state index contributed by atoms with van der Waals surface area (Å²) in [5.41, 5.74) is -2.50. The Labute approximate surface area is 118 Å². The molecule has 0 aliphatic rings. The van der Waals surface area contributed by atoms with Crippen molar-refractivity contribution < 1.29 is 27.5 Å². The van der Waals surface area contributed by atoms with Gasteiger partial charge in [-0.2, -0.15) is 13.2 Å². The first-order chi connectivity index (χ1) is 9.07. The van der Waals surface area contributed by atoms with Gasteiger partial charge in [-0.3, -0.25) is 4.79 Å². The van der Waals surface area contributed by atoms with Crippen LogP contribution in [0, 0.1) is 11.7 Å². The highest BCUT2D eigenvalue weighted by Crippen LogP contribution is 2.45. The van der Waals surface area contributed by atoms with Gasteiger partial charge in [0.05, 0.1) is 10.9 Å². The number of hydrogen-bond acceptors (Lipinski definition) is 1. The molecule has 2 nitrogen and oxygen atoms in total. The highest BCUT2D eigenvalue weighted by atomic mass is 35.5. The zero-order valence-electron chi connectivity index (χ0n) is 10.8. The summed E-state index contributed by atoms with van der Waals surface area (Å²) < 4.78 is 52.4. The average Bonchev–Trinajstić information content (AvgIpc) is 2.33. The lowest BCUT2D eigenvalue weighted by Gasteiger charge is -2.36. The van der Waals surface area contributed by atoms with Crippen molar-refractivity contribution in [2.45, 2.75) is 31.9 Å². The lowest BCUT2D eigenvalue weighted by Crippen LogP contribution is -2.47. The number of alkyl halides is 3. The topological polar surface area (TPSA) is 37.3 Å². The number of halogens is 5. The maximum absolute atomic E-state index is 13.5. The van der Waals surface area contributed by atoms with Crippen LogP contribution in [-0.4, -0.2) is 17.3 Å².